The molecule has 1 aliphatic rings. The van der Waals surface area contributed by atoms with E-state index >= 15 is 0 Å². The lowest BCUT2D eigenvalue weighted by atomic mass is 10.2. The molecular formula is C21H24FN3O3S. The summed E-state index contributed by atoms with van der Waals surface area (Å²) in [6, 6.07) is 7.36. The van der Waals surface area contributed by atoms with Crippen LogP contribution in [-0.4, -0.2) is 30.3 Å². The molecule has 154 valence electrons. The second kappa shape index (κ2) is 9.65. The molecule has 1 fully saturated rings. The van der Waals surface area contributed by atoms with Crippen LogP contribution < -0.4 is 16.0 Å². The summed E-state index contributed by atoms with van der Waals surface area (Å²) in [6.45, 7) is 2.02. The molecule has 0 saturated heterocycles. The summed E-state index contributed by atoms with van der Waals surface area (Å²) in [5, 5.41) is 8.92. The Kier molecular flexibility index (Phi) is 6.98. The van der Waals surface area contributed by atoms with E-state index < -0.39 is 11.7 Å². The van der Waals surface area contributed by atoms with E-state index in [1.54, 1.807) is 13.0 Å². The van der Waals surface area contributed by atoms with Gasteiger partial charge < -0.3 is 16.0 Å². The van der Waals surface area contributed by atoms with E-state index in [-0.39, 0.29) is 36.4 Å². The number of halogens is 1. The Hall–Kier alpha value is -2.74. The zero-order valence-corrected chi connectivity index (χ0v) is 17.0. The molecule has 1 saturated carbocycles. The van der Waals surface area contributed by atoms with Gasteiger partial charge in [-0.05, 0) is 49.6 Å². The molecule has 1 aliphatic carbocycles. The summed E-state index contributed by atoms with van der Waals surface area (Å²) >= 11 is 1.14. The Morgan fingerprint density at radius 2 is 1.90 bits per heavy atom. The van der Waals surface area contributed by atoms with E-state index in [1.165, 1.54) is 18.2 Å². The second-order valence-corrected chi connectivity index (χ2v) is 8.19. The van der Waals surface area contributed by atoms with Gasteiger partial charge in [0, 0.05) is 24.6 Å². The summed E-state index contributed by atoms with van der Waals surface area (Å²) in [4.78, 5) is 37.0. The minimum Gasteiger partial charge on any atom is -0.353 e. The van der Waals surface area contributed by atoms with Crippen LogP contribution in [0.4, 0.5) is 9.39 Å². The zero-order chi connectivity index (χ0) is 20.8. The Bertz CT molecular complexity index is 906. The third-order valence-electron chi connectivity index (χ3n) is 4.81. The molecule has 0 atom stereocenters. The van der Waals surface area contributed by atoms with E-state index in [2.05, 4.69) is 16.0 Å². The van der Waals surface area contributed by atoms with Gasteiger partial charge in [-0.25, -0.2) is 4.39 Å². The molecule has 3 rings (SSSR count). The highest BCUT2D eigenvalue weighted by molar-refractivity contribution is 7.18. The Morgan fingerprint density at radius 1 is 1.14 bits per heavy atom. The fraction of sp³-hybridized carbons (Fsp3) is 0.381. The molecule has 1 heterocycles. The number of aryl methyl sites for hydroxylation is 1. The van der Waals surface area contributed by atoms with Crippen LogP contribution in [0, 0.1) is 12.7 Å². The SMILES string of the molecule is Cc1cc(NC(=O)c2cccc(F)c2)sc1C(=O)NCCC(=O)NC1CCCC1. The number of thiophene rings is 1. The van der Waals surface area contributed by atoms with Crippen LogP contribution in [0.25, 0.3) is 0 Å². The summed E-state index contributed by atoms with van der Waals surface area (Å²) in [7, 11) is 0. The maximum absolute atomic E-state index is 13.3. The van der Waals surface area contributed by atoms with Gasteiger partial charge in [0.25, 0.3) is 11.8 Å². The van der Waals surface area contributed by atoms with Crippen LogP contribution in [0.2, 0.25) is 0 Å². The fourth-order valence-corrected chi connectivity index (χ4v) is 4.31. The minimum atomic E-state index is -0.489. The average molecular weight is 418 g/mol. The number of nitrogens with one attached hydrogen (secondary N) is 3. The van der Waals surface area contributed by atoms with Crippen molar-refractivity contribution < 1.29 is 18.8 Å². The van der Waals surface area contributed by atoms with E-state index in [0.29, 0.717) is 9.88 Å². The number of benzene rings is 1. The first kappa shape index (κ1) is 21.0. The molecule has 3 amide bonds. The van der Waals surface area contributed by atoms with Gasteiger partial charge in [0.1, 0.15) is 5.82 Å². The number of carbonyl (C=O) groups is 3. The topological polar surface area (TPSA) is 87.3 Å². The fourth-order valence-electron chi connectivity index (χ4n) is 3.32. The zero-order valence-electron chi connectivity index (χ0n) is 16.2. The van der Waals surface area contributed by atoms with Crippen LogP contribution in [0.3, 0.4) is 0 Å². The molecule has 3 N–H and O–H groups in total. The van der Waals surface area contributed by atoms with Gasteiger partial charge in [-0.2, -0.15) is 0 Å². The lowest BCUT2D eigenvalue weighted by molar-refractivity contribution is -0.121. The van der Waals surface area contributed by atoms with Crippen LogP contribution in [0.15, 0.2) is 30.3 Å². The van der Waals surface area contributed by atoms with Crippen LogP contribution >= 0.6 is 11.3 Å². The lowest BCUT2D eigenvalue weighted by Gasteiger charge is -2.11. The van der Waals surface area contributed by atoms with E-state index in [1.807, 2.05) is 0 Å². The van der Waals surface area contributed by atoms with Gasteiger partial charge in [-0.3, -0.25) is 14.4 Å². The highest BCUT2D eigenvalue weighted by atomic mass is 32.1. The molecule has 1 aromatic carbocycles. The third kappa shape index (κ3) is 5.87. The van der Waals surface area contributed by atoms with Crippen molar-refractivity contribution in [2.75, 3.05) is 11.9 Å². The Morgan fingerprint density at radius 3 is 2.62 bits per heavy atom. The summed E-state index contributed by atoms with van der Waals surface area (Å²) in [6.07, 6.45) is 4.58. The van der Waals surface area contributed by atoms with Crippen LogP contribution in [0.5, 0.6) is 0 Å². The first-order valence-electron chi connectivity index (χ1n) is 9.67. The Labute approximate surface area is 172 Å². The lowest BCUT2D eigenvalue weighted by Crippen LogP contribution is -2.35. The molecule has 2 aromatic rings. The smallest absolute Gasteiger partial charge is 0.261 e. The first-order chi connectivity index (χ1) is 13.9. The molecule has 6 nitrogen and oxygen atoms in total. The molecule has 8 heteroatoms. The van der Waals surface area contributed by atoms with Crippen molar-refractivity contribution in [1.82, 2.24) is 10.6 Å². The molecule has 0 radical (unpaired) electrons. The maximum Gasteiger partial charge on any atom is 0.261 e. The van der Waals surface area contributed by atoms with Crippen molar-refractivity contribution in [2.24, 2.45) is 0 Å². The average Bonchev–Trinajstić information content (AvgIpc) is 3.31. The van der Waals surface area contributed by atoms with Gasteiger partial charge in [0.05, 0.1) is 9.88 Å². The number of hydrogen-bond donors (Lipinski definition) is 3. The number of anilines is 1. The summed E-state index contributed by atoms with van der Waals surface area (Å²) in [5.74, 6) is -1.27. The normalized spacial score (nSPS) is 13.9. The third-order valence-corrected chi connectivity index (χ3v) is 5.96. The van der Waals surface area contributed by atoms with Gasteiger partial charge in [-0.15, -0.1) is 11.3 Å². The standard InChI is InChI=1S/C21H24FN3O3S/c1-13-11-18(25-20(27)14-5-4-6-15(22)12-14)29-19(13)21(28)23-10-9-17(26)24-16-7-2-3-8-16/h4-6,11-12,16H,2-3,7-10H2,1H3,(H,23,28)(H,24,26)(H,25,27). The minimum absolute atomic E-state index is 0.0526. The largest absolute Gasteiger partial charge is 0.353 e. The Balaban J connectivity index is 1.50. The van der Waals surface area contributed by atoms with Gasteiger partial charge in [0.2, 0.25) is 5.91 Å². The van der Waals surface area contributed by atoms with E-state index in [4.69, 9.17) is 0 Å². The van der Waals surface area contributed by atoms with Crippen molar-refractivity contribution in [1.29, 1.82) is 0 Å². The molecule has 1 aromatic heterocycles. The number of rotatable bonds is 7. The van der Waals surface area contributed by atoms with Crippen LogP contribution in [-0.2, 0) is 4.79 Å². The van der Waals surface area contributed by atoms with Crippen LogP contribution in [0.1, 0.15) is 57.7 Å². The van der Waals surface area contributed by atoms with Crippen molar-refractivity contribution in [3.63, 3.8) is 0 Å². The van der Waals surface area contributed by atoms with Crippen molar-refractivity contribution in [3.8, 4) is 0 Å². The van der Waals surface area contributed by atoms with Crippen molar-refractivity contribution in [2.45, 2.75) is 45.1 Å². The van der Waals surface area contributed by atoms with E-state index in [0.717, 1.165) is 48.6 Å². The molecule has 0 spiro atoms. The number of carbonyl (C=O) groups excluding carboxylic acids is 3. The quantitative estimate of drug-likeness (QED) is 0.643. The second-order valence-electron chi connectivity index (χ2n) is 7.14. The maximum atomic E-state index is 13.3. The number of amides is 3. The predicted octanol–water partition coefficient (Wildman–Crippen LogP) is 3.63. The molecule has 0 unspecified atom stereocenters. The van der Waals surface area contributed by atoms with Gasteiger partial charge >= 0.3 is 0 Å². The molecule has 0 aliphatic heterocycles. The monoisotopic (exact) mass is 417 g/mol. The summed E-state index contributed by atoms with van der Waals surface area (Å²) in [5.41, 5.74) is 0.924. The molecule has 0 bridgehead atoms. The molecule has 29 heavy (non-hydrogen) atoms. The van der Waals surface area contributed by atoms with E-state index in [9.17, 15) is 18.8 Å². The summed E-state index contributed by atoms with van der Waals surface area (Å²) < 4.78 is 13.3. The molecular weight excluding hydrogens is 393 g/mol. The van der Waals surface area contributed by atoms with Crippen molar-refractivity contribution >= 4 is 34.1 Å². The van der Waals surface area contributed by atoms with Crippen molar-refractivity contribution in [3.05, 3.63) is 52.2 Å². The number of hydrogen-bond acceptors (Lipinski definition) is 4. The predicted molar refractivity (Wildman–Crippen MR) is 111 cm³/mol. The highest BCUT2D eigenvalue weighted by Gasteiger charge is 2.18. The highest BCUT2D eigenvalue weighted by Crippen LogP contribution is 2.27. The van der Waals surface area contributed by atoms with Gasteiger partial charge in [-0.1, -0.05) is 18.9 Å². The van der Waals surface area contributed by atoms with Gasteiger partial charge in [0.15, 0.2) is 0 Å². The first-order valence-corrected chi connectivity index (χ1v) is 10.5.